The minimum absolute atomic E-state index is 0.0641. The van der Waals surface area contributed by atoms with Crippen molar-refractivity contribution in [1.29, 1.82) is 0 Å². The van der Waals surface area contributed by atoms with Crippen LogP contribution < -0.4 is 5.32 Å². The number of nitrogens with zero attached hydrogens (tertiary/aromatic N) is 6. The first-order valence-electron chi connectivity index (χ1n) is 10.6. The van der Waals surface area contributed by atoms with Gasteiger partial charge in [0.05, 0.1) is 6.26 Å². The van der Waals surface area contributed by atoms with Gasteiger partial charge in [-0.2, -0.15) is 4.68 Å². The van der Waals surface area contributed by atoms with E-state index in [9.17, 15) is 9.59 Å². The number of anilines is 1. The number of amides is 1. The molecule has 178 valence electrons. The molecule has 0 bridgehead atoms. The van der Waals surface area contributed by atoms with Gasteiger partial charge in [-0.15, -0.1) is 10.2 Å². The first kappa shape index (κ1) is 22.4. The van der Waals surface area contributed by atoms with Crippen molar-refractivity contribution in [1.82, 2.24) is 30.4 Å². The molecule has 1 amide bonds. The number of furan rings is 1. The lowest BCUT2D eigenvalue weighted by molar-refractivity contribution is -0.141. The number of esters is 1. The van der Waals surface area contributed by atoms with Crippen molar-refractivity contribution in [3.63, 3.8) is 0 Å². The summed E-state index contributed by atoms with van der Waals surface area (Å²) in [7, 11) is 0. The maximum absolute atomic E-state index is 13.0. The normalized spacial score (nSPS) is 11.3. The van der Waals surface area contributed by atoms with Gasteiger partial charge in [-0.1, -0.05) is 53.6 Å². The van der Waals surface area contributed by atoms with E-state index in [-0.39, 0.29) is 17.6 Å². The van der Waals surface area contributed by atoms with Crippen LogP contribution in [0.2, 0.25) is 0 Å². The second kappa shape index (κ2) is 10.3. The third-order valence-electron chi connectivity index (χ3n) is 4.79. The largest absolute Gasteiger partial charge is 0.465 e. The van der Waals surface area contributed by atoms with Crippen molar-refractivity contribution < 1.29 is 23.2 Å². The fraction of sp³-hybridized carbons (Fsp3) is 0.0417. The van der Waals surface area contributed by atoms with Crippen LogP contribution in [0.25, 0.3) is 34.6 Å². The summed E-state index contributed by atoms with van der Waals surface area (Å²) < 4.78 is 17.2. The Morgan fingerprint density at radius 1 is 0.917 bits per heavy atom. The molecule has 36 heavy (non-hydrogen) atoms. The molecule has 0 aliphatic carbocycles. The van der Waals surface area contributed by atoms with Gasteiger partial charge < -0.3 is 13.6 Å². The Kier molecular flexibility index (Phi) is 6.38. The van der Waals surface area contributed by atoms with Gasteiger partial charge in [0.25, 0.3) is 5.91 Å². The van der Waals surface area contributed by atoms with Gasteiger partial charge in [-0.05, 0) is 34.7 Å². The van der Waals surface area contributed by atoms with E-state index in [1.165, 1.54) is 17.0 Å². The summed E-state index contributed by atoms with van der Waals surface area (Å²) in [5.41, 5.74) is 1.30. The highest BCUT2D eigenvalue weighted by atomic mass is 16.5. The zero-order valence-corrected chi connectivity index (χ0v) is 18.5. The lowest BCUT2D eigenvalue weighted by Gasteiger charge is -2.09. The minimum atomic E-state index is -0.860. The van der Waals surface area contributed by atoms with Crippen LogP contribution in [-0.2, 0) is 14.3 Å². The summed E-state index contributed by atoms with van der Waals surface area (Å²) in [6, 6.07) is 21.3. The van der Waals surface area contributed by atoms with Gasteiger partial charge >= 0.3 is 12.0 Å². The molecule has 3 heterocycles. The molecule has 0 atom stereocenters. The van der Waals surface area contributed by atoms with E-state index in [0.29, 0.717) is 22.7 Å². The molecule has 12 nitrogen and oxygen atoms in total. The summed E-state index contributed by atoms with van der Waals surface area (Å²) in [6.07, 6.45) is 2.86. The maximum atomic E-state index is 13.0. The average molecular weight is 483 g/mol. The summed E-state index contributed by atoms with van der Waals surface area (Å²) in [6.45, 7) is -0.625. The maximum Gasteiger partial charge on any atom is 0.357 e. The molecule has 5 aromatic rings. The standard InChI is InChI=1S/C24H17N7O5/c32-20(25-24-28-27-22(36-24)17-10-5-2-6-11-17)15-35-23(33)19(14-18-12-7-13-34-18)31-21(26-29-30-31)16-8-3-1-4-9-16/h1-14H,15H2,(H,25,28,32). The predicted octanol–water partition coefficient (Wildman–Crippen LogP) is 3.16. The van der Waals surface area contributed by atoms with Crippen LogP contribution in [-0.4, -0.2) is 48.9 Å². The third-order valence-corrected chi connectivity index (χ3v) is 4.79. The van der Waals surface area contributed by atoms with Crippen molar-refractivity contribution in [2.75, 3.05) is 11.9 Å². The quantitative estimate of drug-likeness (QED) is 0.257. The van der Waals surface area contributed by atoms with Gasteiger partial charge in [0, 0.05) is 17.2 Å². The van der Waals surface area contributed by atoms with E-state index in [1.54, 1.807) is 36.4 Å². The Balaban J connectivity index is 1.30. The monoisotopic (exact) mass is 483 g/mol. The van der Waals surface area contributed by atoms with Crippen LogP contribution in [0.15, 0.2) is 87.9 Å². The summed E-state index contributed by atoms with van der Waals surface area (Å²) in [5.74, 6) is -0.640. The zero-order valence-electron chi connectivity index (χ0n) is 18.5. The molecule has 0 aliphatic rings. The molecular weight excluding hydrogens is 466 g/mol. The number of aromatic nitrogens is 6. The van der Waals surface area contributed by atoms with Crippen molar-refractivity contribution >= 4 is 29.7 Å². The van der Waals surface area contributed by atoms with Crippen LogP contribution in [0.4, 0.5) is 6.01 Å². The van der Waals surface area contributed by atoms with Crippen molar-refractivity contribution in [3.8, 4) is 22.8 Å². The van der Waals surface area contributed by atoms with Crippen LogP contribution in [0.5, 0.6) is 0 Å². The van der Waals surface area contributed by atoms with E-state index in [1.807, 2.05) is 36.4 Å². The molecule has 1 N–H and O–H groups in total. The smallest absolute Gasteiger partial charge is 0.357 e. The van der Waals surface area contributed by atoms with E-state index < -0.39 is 18.5 Å². The Bertz CT molecular complexity index is 1490. The van der Waals surface area contributed by atoms with Crippen molar-refractivity contribution in [2.45, 2.75) is 0 Å². The van der Waals surface area contributed by atoms with Crippen LogP contribution in [0.3, 0.4) is 0 Å². The number of carbonyl (C=O) groups is 2. The average Bonchev–Trinajstić information content (AvgIpc) is 3.69. The highest BCUT2D eigenvalue weighted by molar-refractivity contribution is 6.16. The molecule has 2 aromatic carbocycles. The molecule has 0 spiro atoms. The summed E-state index contributed by atoms with van der Waals surface area (Å²) >= 11 is 0. The molecule has 0 unspecified atom stereocenters. The lowest BCUT2D eigenvalue weighted by atomic mass is 10.2. The molecule has 3 aromatic heterocycles. The lowest BCUT2D eigenvalue weighted by Crippen LogP contribution is -2.23. The fourth-order valence-electron chi connectivity index (χ4n) is 3.16. The van der Waals surface area contributed by atoms with Gasteiger partial charge in [0.2, 0.25) is 5.89 Å². The molecule has 0 aliphatic heterocycles. The SMILES string of the molecule is O=C(COC(=O)C(=Cc1ccco1)n1nnnc1-c1ccccc1)Nc1nnc(-c2ccccc2)o1. The first-order valence-corrected chi connectivity index (χ1v) is 10.6. The Hall–Kier alpha value is -5.39. The fourth-order valence-corrected chi connectivity index (χ4v) is 3.16. The zero-order chi connectivity index (χ0) is 24.7. The highest BCUT2D eigenvalue weighted by Gasteiger charge is 2.22. The number of ether oxygens (including phenoxy) is 1. The number of rotatable bonds is 8. The Labute approximate surface area is 203 Å². The second-order valence-electron chi connectivity index (χ2n) is 7.23. The molecule has 0 fully saturated rings. The van der Waals surface area contributed by atoms with E-state index in [0.717, 1.165) is 0 Å². The van der Waals surface area contributed by atoms with E-state index >= 15 is 0 Å². The Morgan fingerprint density at radius 2 is 1.67 bits per heavy atom. The number of benzene rings is 2. The molecule has 0 saturated carbocycles. The van der Waals surface area contributed by atoms with E-state index in [4.69, 9.17) is 13.6 Å². The Morgan fingerprint density at radius 3 is 2.39 bits per heavy atom. The number of hydrogen-bond donors (Lipinski definition) is 1. The number of nitrogens with one attached hydrogen (secondary N) is 1. The first-order chi connectivity index (χ1) is 17.7. The van der Waals surface area contributed by atoms with Gasteiger partial charge in [-0.3, -0.25) is 10.1 Å². The number of hydrogen-bond acceptors (Lipinski definition) is 10. The van der Waals surface area contributed by atoms with Crippen molar-refractivity contribution in [2.24, 2.45) is 0 Å². The topological polar surface area (TPSA) is 151 Å². The van der Waals surface area contributed by atoms with Gasteiger partial charge in [0.1, 0.15) is 5.76 Å². The van der Waals surface area contributed by atoms with Crippen LogP contribution in [0, 0.1) is 0 Å². The second-order valence-corrected chi connectivity index (χ2v) is 7.23. The highest BCUT2D eigenvalue weighted by Crippen LogP contribution is 2.22. The van der Waals surface area contributed by atoms with Gasteiger partial charge in [0.15, 0.2) is 18.1 Å². The number of tetrazole rings is 1. The van der Waals surface area contributed by atoms with Crippen molar-refractivity contribution in [3.05, 3.63) is 84.8 Å². The molecule has 0 radical (unpaired) electrons. The predicted molar refractivity (Wildman–Crippen MR) is 125 cm³/mol. The molecule has 0 saturated heterocycles. The summed E-state index contributed by atoms with van der Waals surface area (Å²) in [4.78, 5) is 25.4. The van der Waals surface area contributed by atoms with Crippen LogP contribution in [0.1, 0.15) is 5.76 Å². The molecule has 12 heteroatoms. The number of carbonyl (C=O) groups excluding carboxylic acids is 2. The molecule has 5 rings (SSSR count). The summed E-state index contributed by atoms with van der Waals surface area (Å²) in [5, 5.41) is 21.7. The van der Waals surface area contributed by atoms with Gasteiger partial charge in [-0.25, -0.2) is 4.79 Å². The van der Waals surface area contributed by atoms with E-state index in [2.05, 4.69) is 31.0 Å². The van der Waals surface area contributed by atoms with Crippen LogP contribution >= 0.6 is 0 Å². The third kappa shape index (κ3) is 5.07. The molecular formula is C24H17N7O5. The minimum Gasteiger partial charge on any atom is -0.465 e.